The molecule has 4 rings (SSSR count). The maximum Gasteiger partial charge on any atom is 0.264 e. The minimum Gasteiger partial charge on any atom is -0.276 e. The number of hydrogen-bond donors (Lipinski definition) is 1. The Hall–Kier alpha value is -2.78. The van der Waals surface area contributed by atoms with E-state index in [0.29, 0.717) is 29.0 Å². The zero-order chi connectivity index (χ0) is 19.9. The largest absolute Gasteiger partial charge is 0.276 e. The number of sulfonamides is 1. The Morgan fingerprint density at radius 1 is 1.04 bits per heavy atom. The van der Waals surface area contributed by atoms with Crippen LogP contribution in [0.25, 0.3) is 11.0 Å². The van der Waals surface area contributed by atoms with Crippen molar-refractivity contribution in [3.63, 3.8) is 0 Å². The first-order valence-electron chi connectivity index (χ1n) is 8.69. The average molecular weight is 414 g/mol. The van der Waals surface area contributed by atoms with Gasteiger partial charge < -0.3 is 0 Å². The van der Waals surface area contributed by atoms with Gasteiger partial charge in [-0.15, -0.1) is 0 Å². The second-order valence-electron chi connectivity index (χ2n) is 6.68. The summed E-state index contributed by atoms with van der Waals surface area (Å²) in [4.78, 5) is 0.115. The molecule has 2 aromatic heterocycles. The summed E-state index contributed by atoms with van der Waals surface area (Å²) in [6.07, 6.45) is 0. The molecule has 1 N–H and O–H groups in total. The fraction of sp³-hybridized carbons (Fsp3) is 0.211. The van der Waals surface area contributed by atoms with Crippen molar-refractivity contribution in [3.05, 3.63) is 65.0 Å². The number of fused-ring (bicyclic) bond motifs is 1. The number of aromatic nitrogens is 4. The van der Waals surface area contributed by atoms with Gasteiger partial charge in [-0.2, -0.15) is 13.8 Å². The quantitative estimate of drug-likeness (QED) is 0.539. The summed E-state index contributed by atoms with van der Waals surface area (Å²) in [5, 5.41) is 4.52. The normalized spacial score (nSPS) is 11.8. The van der Waals surface area contributed by atoms with Crippen LogP contribution in [0.15, 0.2) is 47.4 Å². The van der Waals surface area contributed by atoms with Crippen LogP contribution in [0.5, 0.6) is 0 Å². The molecule has 0 aliphatic carbocycles. The Kier molecular flexibility index (Phi) is 4.64. The lowest BCUT2D eigenvalue weighted by atomic mass is 10.1. The van der Waals surface area contributed by atoms with E-state index in [2.05, 4.69) is 18.6 Å². The van der Waals surface area contributed by atoms with E-state index in [-0.39, 0.29) is 4.90 Å². The summed E-state index contributed by atoms with van der Waals surface area (Å²) in [5.41, 5.74) is 5.10. The number of hydrogen-bond acceptors (Lipinski definition) is 6. The first-order valence-corrected chi connectivity index (χ1v) is 10.9. The van der Waals surface area contributed by atoms with Crippen molar-refractivity contribution in [2.24, 2.45) is 0 Å². The predicted molar refractivity (Wildman–Crippen MR) is 110 cm³/mol. The fourth-order valence-electron chi connectivity index (χ4n) is 3.05. The standard InChI is InChI=1S/C19H19N5O2S2/c1-12-7-9-15(10-8-12)11-24-14(3)18(13(2)20-24)23-28(25,26)17-6-4-5-16-19(17)22-27-21-16/h4-10,23H,11H2,1-3H3. The van der Waals surface area contributed by atoms with Crippen LogP contribution in [0.2, 0.25) is 0 Å². The van der Waals surface area contributed by atoms with Gasteiger partial charge in [0.2, 0.25) is 0 Å². The SMILES string of the molecule is Cc1ccc(Cn2nc(C)c(NS(=O)(=O)c3cccc4nsnc34)c2C)cc1. The van der Waals surface area contributed by atoms with Crippen LogP contribution in [0.4, 0.5) is 5.69 Å². The van der Waals surface area contributed by atoms with Gasteiger partial charge in [0, 0.05) is 0 Å². The Balaban J connectivity index is 1.67. The molecule has 4 aromatic rings. The van der Waals surface area contributed by atoms with Gasteiger partial charge in [-0.1, -0.05) is 35.9 Å². The van der Waals surface area contributed by atoms with Crippen molar-refractivity contribution >= 4 is 38.5 Å². The zero-order valence-electron chi connectivity index (χ0n) is 15.7. The first kappa shape index (κ1) is 18.6. The lowest BCUT2D eigenvalue weighted by molar-refractivity contribution is 0.602. The summed E-state index contributed by atoms with van der Waals surface area (Å²) < 4.78 is 38.8. The van der Waals surface area contributed by atoms with Crippen molar-refractivity contribution in [1.82, 2.24) is 18.5 Å². The highest BCUT2D eigenvalue weighted by molar-refractivity contribution is 7.93. The Labute approximate surface area is 167 Å². The Morgan fingerprint density at radius 2 is 1.79 bits per heavy atom. The molecule has 0 bridgehead atoms. The van der Waals surface area contributed by atoms with E-state index >= 15 is 0 Å². The van der Waals surface area contributed by atoms with E-state index in [1.54, 1.807) is 19.1 Å². The molecule has 0 amide bonds. The number of benzene rings is 2. The van der Waals surface area contributed by atoms with Crippen molar-refractivity contribution < 1.29 is 8.42 Å². The van der Waals surface area contributed by atoms with Crippen molar-refractivity contribution in [2.45, 2.75) is 32.2 Å². The monoisotopic (exact) mass is 413 g/mol. The lowest BCUT2D eigenvalue weighted by Gasteiger charge is -2.10. The molecule has 0 spiro atoms. The van der Waals surface area contributed by atoms with Crippen LogP contribution in [0.1, 0.15) is 22.5 Å². The number of aryl methyl sites for hydroxylation is 2. The van der Waals surface area contributed by atoms with Gasteiger partial charge in [-0.3, -0.25) is 9.40 Å². The minimum absolute atomic E-state index is 0.115. The second-order valence-corrected chi connectivity index (χ2v) is 8.86. The van der Waals surface area contributed by atoms with Crippen LogP contribution in [-0.2, 0) is 16.6 Å². The maximum atomic E-state index is 13.0. The molecular weight excluding hydrogens is 394 g/mol. The van der Waals surface area contributed by atoms with E-state index in [4.69, 9.17) is 0 Å². The maximum absolute atomic E-state index is 13.0. The highest BCUT2D eigenvalue weighted by atomic mass is 32.2. The fourth-order valence-corrected chi connectivity index (χ4v) is 5.00. The topological polar surface area (TPSA) is 89.8 Å². The molecule has 144 valence electrons. The van der Waals surface area contributed by atoms with Crippen molar-refractivity contribution in [2.75, 3.05) is 4.72 Å². The van der Waals surface area contributed by atoms with Gasteiger partial charge in [0.25, 0.3) is 10.0 Å². The van der Waals surface area contributed by atoms with E-state index in [1.165, 1.54) is 11.6 Å². The van der Waals surface area contributed by atoms with E-state index in [0.717, 1.165) is 23.0 Å². The van der Waals surface area contributed by atoms with Crippen LogP contribution >= 0.6 is 11.7 Å². The molecule has 0 aliphatic rings. The molecular formula is C19H19N5O2S2. The van der Waals surface area contributed by atoms with Crippen LogP contribution < -0.4 is 4.72 Å². The van der Waals surface area contributed by atoms with Gasteiger partial charge in [0.1, 0.15) is 15.9 Å². The minimum atomic E-state index is -3.82. The molecule has 2 aromatic carbocycles. The molecule has 9 heteroatoms. The molecule has 0 unspecified atom stereocenters. The van der Waals surface area contributed by atoms with Gasteiger partial charge in [0.05, 0.1) is 35.3 Å². The highest BCUT2D eigenvalue weighted by Crippen LogP contribution is 2.27. The molecule has 0 atom stereocenters. The molecule has 0 saturated carbocycles. The molecule has 7 nitrogen and oxygen atoms in total. The Morgan fingerprint density at radius 3 is 2.54 bits per heavy atom. The number of nitrogens with one attached hydrogen (secondary N) is 1. The highest BCUT2D eigenvalue weighted by Gasteiger charge is 2.23. The summed E-state index contributed by atoms with van der Waals surface area (Å²) in [6, 6.07) is 13.1. The molecule has 0 fully saturated rings. The number of anilines is 1. The van der Waals surface area contributed by atoms with Gasteiger partial charge >= 0.3 is 0 Å². The first-order chi connectivity index (χ1) is 13.3. The molecule has 0 saturated heterocycles. The van der Waals surface area contributed by atoms with Gasteiger partial charge in [-0.05, 0) is 38.5 Å². The third-order valence-corrected chi connectivity index (χ3v) is 6.53. The molecule has 2 heterocycles. The van der Waals surface area contributed by atoms with Crippen LogP contribution in [0.3, 0.4) is 0 Å². The van der Waals surface area contributed by atoms with E-state index < -0.39 is 10.0 Å². The van der Waals surface area contributed by atoms with Gasteiger partial charge in [0.15, 0.2) is 0 Å². The van der Waals surface area contributed by atoms with Crippen molar-refractivity contribution in [3.8, 4) is 0 Å². The summed E-state index contributed by atoms with van der Waals surface area (Å²) >= 11 is 0.993. The van der Waals surface area contributed by atoms with E-state index in [9.17, 15) is 8.42 Å². The van der Waals surface area contributed by atoms with Crippen LogP contribution in [0, 0.1) is 20.8 Å². The number of rotatable bonds is 5. The molecule has 28 heavy (non-hydrogen) atoms. The Bertz CT molecular complexity index is 1260. The van der Waals surface area contributed by atoms with E-state index in [1.807, 2.05) is 42.8 Å². The van der Waals surface area contributed by atoms with Crippen molar-refractivity contribution in [1.29, 1.82) is 0 Å². The van der Waals surface area contributed by atoms with Crippen LogP contribution in [-0.4, -0.2) is 26.9 Å². The molecule has 0 aliphatic heterocycles. The van der Waals surface area contributed by atoms with Gasteiger partial charge in [-0.25, -0.2) is 8.42 Å². The number of nitrogens with zero attached hydrogens (tertiary/aromatic N) is 4. The lowest BCUT2D eigenvalue weighted by Crippen LogP contribution is -2.15. The summed E-state index contributed by atoms with van der Waals surface area (Å²) in [7, 11) is -3.82. The third-order valence-electron chi connectivity index (χ3n) is 4.61. The second kappa shape index (κ2) is 6.99. The summed E-state index contributed by atoms with van der Waals surface area (Å²) in [5.74, 6) is 0. The summed E-state index contributed by atoms with van der Waals surface area (Å²) in [6.45, 7) is 6.26. The average Bonchev–Trinajstić information content (AvgIpc) is 3.24. The molecule has 0 radical (unpaired) electrons. The zero-order valence-corrected chi connectivity index (χ0v) is 17.3. The third kappa shape index (κ3) is 3.38. The predicted octanol–water partition coefficient (Wildman–Crippen LogP) is 3.66. The smallest absolute Gasteiger partial charge is 0.264 e.